The van der Waals surface area contributed by atoms with Crippen LogP contribution in [0.5, 0.6) is 11.5 Å². The maximum atomic E-state index is 12.6. The second-order valence-corrected chi connectivity index (χ2v) is 9.38. The summed E-state index contributed by atoms with van der Waals surface area (Å²) in [4.78, 5) is 30.6. The minimum absolute atomic E-state index is 0.134. The smallest absolute Gasteiger partial charge is 0.240 e. The van der Waals surface area contributed by atoms with Crippen LogP contribution in [-0.2, 0) is 4.79 Å². The lowest BCUT2D eigenvalue weighted by Crippen LogP contribution is -2.36. The molecule has 0 aliphatic carbocycles. The van der Waals surface area contributed by atoms with Crippen molar-refractivity contribution in [3.8, 4) is 11.5 Å². The SMILES string of the molecule is C=CCN/C=C/C(=C\NC)CC(Nc1nc(Nc2ccc(OC)c(OC)c2)nc(Nc2ccc3ncccc3c2)n1)C(N)=O.CC. The zero-order chi connectivity index (χ0) is 33.3. The highest BCUT2D eigenvalue weighted by Gasteiger charge is 2.19. The predicted octanol–water partition coefficient (Wildman–Crippen LogP) is 5.00. The maximum Gasteiger partial charge on any atom is 0.240 e. The van der Waals surface area contributed by atoms with Crippen molar-refractivity contribution in [3.05, 3.63) is 91.4 Å². The molecule has 0 aliphatic rings. The summed E-state index contributed by atoms with van der Waals surface area (Å²) < 4.78 is 10.8. The molecule has 0 aliphatic heterocycles. The van der Waals surface area contributed by atoms with Gasteiger partial charge in [-0.25, -0.2) is 0 Å². The Morgan fingerprint density at radius 2 is 1.63 bits per heavy atom. The number of allylic oxidation sites excluding steroid dienone is 1. The Bertz CT molecular complexity index is 1660. The Kier molecular flexibility index (Phi) is 13.6. The number of amides is 1. The number of aromatic nitrogens is 4. The number of nitrogens with zero attached hydrogens (tertiary/aromatic N) is 4. The molecular formula is C33H42N10O3. The second-order valence-electron chi connectivity index (χ2n) is 9.38. The summed E-state index contributed by atoms with van der Waals surface area (Å²) >= 11 is 0. The number of primary amides is 1. The zero-order valence-corrected chi connectivity index (χ0v) is 26.8. The van der Waals surface area contributed by atoms with Crippen LogP contribution in [0.1, 0.15) is 20.3 Å². The summed E-state index contributed by atoms with van der Waals surface area (Å²) in [6.07, 6.45) is 9.14. The van der Waals surface area contributed by atoms with E-state index in [1.165, 1.54) is 0 Å². The number of carbonyl (C=O) groups excluding carboxylic acids is 1. The van der Waals surface area contributed by atoms with Crippen LogP contribution in [0.15, 0.2) is 91.4 Å². The highest BCUT2D eigenvalue weighted by atomic mass is 16.5. The molecule has 2 aromatic heterocycles. The number of anilines is 5. The number of nitrogens with one attached hydrogen (secondary N) is 5. The average molecular weight is 627 g/mol. The van der Waals surface area contributed by atoms with E-state index in [9.17, 15) is 4.79 Å². The molecule has 7 N–H and O–H groups in total. The van der Waals surface area contributed by atoms with Crippen LogP contribution in [0.2, 0.25) is 0 Å². The third-order valence-electron chi connectivity index (χ3n) is 6.23. The van der Waals surface area contributed by atoms with E-state index in [2.05, 4.69) is 53.1 Å². The van der Waals surface area contributed by atoms with Crippen molar-refractivity contribution in [2.24, 2.45) is 5.73 Å². The topological polar surface area (TPSA) is 173 Å². The van der Waals surface area contributed by atoms with Crippen molar-refractivity contribution >= 4 is 46.0 Å². The minimum atomic E-state index is -0.838. The van der Waals surface area contributed by atoms with Gasteiger partial charge < -0.3 is 41.8 Å². The molecule has 13 heteroatoms. The number of pyridine rings is 1. The van der Waals surface area contributed by atoms with E-state index >= 15 is 0 Å². The second kappa shape index (κ2) is 18.1. The van der Waals surface area contributed by atoms with E-state index in [4.69, 9.17) is 15.2 Å². The molecule has 4 aromatic rings. The molecule has 1 atom stereocenters. The third-order valence-corrected chi connectivity index (χ3v) is 6.23. The molecule has 1 amide bonds. The molecule has 0 saturated heterocycles. The lowest BCUT2D eigenvalue weighted by molar-refractivity contribution is -0.118. The molecule has 0 saturated carbocycles. The van der Waals surface area contributed by atoms with Gasteiger partial charge in [0.25, 0.3) is 0 Å². The summed E-state index contributed by atoms with van der Waals surface area (Å²) in [7, 11) is 4.89. The highest BCUT2D eigenvalue weighted by Crippen LogP contribution is 2.31. The average Bonchev–Trinajstić information content (AvgIpc) is 3.07. The van der Waals surface area contributed by atoms with Crippen LogP contribution in [0.25, 0.3) is 10.9 Å². The Morgan fingerprint density at radius 1 is 0.957 bits per heavy atom. The molecule has 4 rings (SSSR count). The molecule has 2 aromatic carbocycles. The van der Waals surface area contributed by atoms with Crippen molar-refractivity contribution in [2.45, 2.75) is 26.3 Å². The third kappa shape index (κ3) is 10.1. The van der Waals surface area contributed by atoms with Gasteiger partial charge in [-0.3, -0.25) is 9.78 Å². The lowest BCUT2D eigenvalue weighted by atomic mass is 10.1. The monoisotopic (exact) mass is 626 g/mol. The highest BCUT2D eigenvalue weighted by molar-refractivity contribution is 5.84. The van der Waals surface area contributed by atoms with Crippen molar-refractivity contribution in [1.29, 1.82) is 0 Å². The molecule has 0 radical (unpaired) electrons. The van der Waals surface area contributed by atoms with E-state index in [0.717, 1.165) is 22.2 Å². The zero-order valence-electron chi connectivity index (χ0n) is 26.8. The Balaban J connectivity index is 0.00000282. The van der Waals surface area contributed by atoms with Crippen LogP contribution in [0, 0.1) is 0 Å². The van der Waals surface area contributed by atoms with Gasteiger partial charge in [-0.15, -0.1) is 6.58 Å². The largest absolute Gasteiger partial charge is 0.493 e. The number of benzene rings is 2. The van der Waals surface area contributed by atoms with Gasteiger partial charge in [0.2, 0.25) is 23.8 Å². The van der Waals surface area contributed by atoms with Gasteiger partial charge in [-0.2, -0.15) is 15.0 Å². The quantitative estimate of drug-likeness (QED) is 0.0559. The van der Waals surface area contributed by atoms with Crippen LogP contribution in [-0.4, -0.2) is 59.7 Å². The fourth-order valence-corrected chi connectivity index (χ4v) is 4.17. The molecule has 46 heavy (non-hydrogen) atoms. The van der Waals surface area contributed by atoms with E-state index in [-0.39, 0.29) is 24.3 Å². The van der Waals surface area contributed by atoms with E-state index in [0.29, 0.717) is 23.7 Å². The van der Waals surface area contributed by atoms with Gasteiger partial charge in [-0.05, 0) is 60.4 Å². The summed E-state index contributed by atoms with van der Waals surface area (Å²) in [6, 6.07) is 14.0. The van der Waals surface area contributed by atoms with Crippen molar-refractivity contribution in [3.63, 3.8) is 0 Å². The standard InChI is InChI=1S/C31H36N10O3.C2H6/c1-5-13-34-15-12-20(19-33-2)16-25(28(32)42)38-31-40-29(36-22-8-10-24-21(17-22)7-6-14-35-24)39-30(41-31)37-23-9-11-26(43-3)27(18-23)44-4;1-2/h5-12,14-15,17-19,25,33-34H,1,13,16H2,2-4H3,(H2,32,42)(H3,36,37,38,39,40,41);1-2H3/b15-12+,20-19+;. The van der Waals surface area contributed by atoms with Crippen molar-refractivity contribution < 1.29 is 14.3 Å². The number of methoxy groups -OCH3 is 2. The number of rotatable bonds is 16. The van der Waals surface area contributed by atoms with Crippen LogP contribution in [0.4, 0.5) is 29.2 Å². The molecule has 0 bridgehead atoms. The Hall–Kier alpha value is -5.85. The molecular weight excluding hydrogens is 584 g/mol. The Labute approximate surface area is 269 Å². The fraction of sp³-hybridized carbons (Fsp3) is 0.242. The molecule has 242 valence electrons. The first-order chi connectivity index (χ1) is 22.4. The number of ether oxygens (including phenoxy) is 2. The molecule has 2 heterocycles. The molecule has 0 fully saturated rings. The Morgan fingerprint density at radius 3 is 2.28 bits per heavy atom. The maximum absolute atomic E-state index is 12.6. The van der Waals surface area contributed by atoms with Crippen LogP contribution < -0.4 is 41.8 Å². The molecule has 0 spiro atoms. The number of nitrogens with two attached hydrogens (primary N) is 1. The van der Waals surface area contributed by atoms with E-state index in [1.807, 2.05) is 50.3 Å². The summed E-state index contributed by atoms with van der Waals surface area (Å²) in [5, 5.41) is 16.5. The van der Waals surface area contributed by atoms with Gasteiger partial charge >= 0.3 is 0 Å². The van der Waals surface area contributed by atoms with Gasteiger partial charge in [0.1, 0.15) is 6.04 Å². The van der Waals surface area contributed by atoms with Gasteiger partial charge in [0.15, 0.2) is 11.5 Å². The summed E-state index contributed by atoms with van der Waals surface area (Å²) in [6.45, 7) is 8.29. The number of fused-ring (bicyclic) bond motifs is 1. The predicted molar refractivity (Wildman–Crippen MR) is 185 cm³/mol. The van der Waals surface area contributed by atoms with Crippen LogP contribution in [0.3, 0.4) is 0 Å². The first-order valence-electron chi connectivity index (χ1n) is 14.7. The minimum Gasteiger partial charge on any atom is -0.493 e. The molecule has 13 nitrogen and oxygen atoms in total. The first kappa shape index (κ1) is 34.6. The molecule has 1 unspecified atom stereocenters. The van der Waals surface area contributed by atoms with Gasteiger partial charge in [0.05, 0.1) is 19.7 Å². The normalized spacial score (nSPS) is 11.5. The number of carbonyl (C=O) groups is 1. The summed E-state index contributed by atoms with van der Waals surface area (Å²) in [5.74, 6) is 1.10. The summed E-state index contributed by atoms with van der Waals surface area (Å²) in [5.41, 5.74) is 8.85. The van der Waals surface area contributed by atoms with E-state index < -0.39 is 11.9 Å². The van der Waals surface area contributed by atoms with Crippen molar-refractivity contribution in [2.75, 3.05) is 43.8 Å². The first-order valence-corrected chi connectivity index (χ1v) is 14.7. The van der Waals surface area contributed by atoms with Gasteiger partial charge in [-0.1, -0.05) is 26.0 Å². The lowest BCUT2D eigenvalue weighted by Gasteiger charge is -2.18. The fourth-order valence-electron chi connectivity index (χ4n) is 4.17. The number of hydrogen-bond donors (Lipinski definition) is 6. The van der Waals surface area contributed by atoms with E-state index in [1.54, 1.807) is 64.1 Å². The van der Waals surface area contributed by atoms with Gasteiger partial charge in [0, 0.05) is 49.0 Å². The van der Waals surface area contributed by atoms with Crippen molar-refractivity contribution in [1.82, 2.24) is 30.6 Å². The van der Waals surface area contributed by atoms with Crippen LogP contribution >= 0.6 is 0 Å². The number of hydrogen-bond acceptors (Lipinski definition) is 12.